The van der Waals surface area contributed by atoms with Crippen LogP contribution in [0.4, 0.5) is 11.4 Å². The number of nitrogens with zero attached hydrogens (tertiary/aromatic N) is 2. The van der Waals surface area contributed by atoms with Crippen LogP contribution in [-0.2, 0) is 27.5 Å². The fourth-order valence-corrected chi connectivity index (χ4v) is 4.45. The van der Waals surface area contributed by atoms with Crippen molar-refractivity contribution in [2.45, 2.75) is 38.9 Å². The van der Waals surface area contributed by atoms with Gasteiger partial charge in [-0.25, -0.2) is 0 Å². The topological polar surface area (TPSA) is 111 Å². The molecule has 0 aliphatic carbocycles. The molecule has 4 amide bonds. The van der Waals surface area contributed by atoms with Gasteiger partial charge in [0, 0.05) is 50.5 Å². The lowest BCUT2D eigenvalue weighted by atomic mass is 10.0. The number of carbonyl (C=O) groups excluding carboxylic acids is 4. The monoisotopic (exact) mass is 463 g/mol. The average molecular weight is 464 g/mol. The van der Waals surface area contributed by atoms with Gasteiger partial charge in [-0.05, 0) is 54.3 Å². The van der Waals surface area contributed by atoms with E-state index in [1.165, 1.54) is 4.90 Å². The first-order valence-corrected chi connectivity index (χ1v) is 11.3. The van der Waals surface area contributed by atoms with E-state index in [0.717, 1.165) is 28.1 Å². The summed E-state index contributed by atoms with van der Waals surface area (Å²) in [5, 5.41) is 8.34. The van der Waals surface area contributed by atoms with Gasteiger partial charge in [-0.3, -0.25) is 24.5 Å². The number of amides is 4. The van der Waals surface area contributed by atoms with Crippen molar-refractivity contribution >= 4 is 35.0 Å². The Labute approximate surface area is 198 Å². The van der Waals surface area contributed by atoms with Crippen LogP contribution < -0.4 is 20.9 Å². The summed E-state index contributed by atoms with van der Waals surface area (Å²) in [4.78, 5) is 52.3. The number of piperidine rings is 1. The van der Waals surface area contributed by atoms with Crippen molar-refractivity contribution in [1.82, 2.24) is 15.5 Å². The molecular weight excluding hydrogens is 434 g/mol. The largest absolute Gasteiger partial charge is 0.377 e. The molecule has 2 heterocycles. The molecule has 0 spiro atoms. The first-order valence-electron chi connectivity index (χ1n) is 11.3. The summed E-state index contributed by atoms with van der Waals surface area (Å²) < 4.78 is 0. The van der Waals surface area contributed by atoms with E-state index in [1.54, 1.807) is 6.07 Å². The third-order valence-corrected chi connectivity index (χ3v) is 6.21. The molecule has 178 valence electrons. The molecule has 2 aliphatic heterocycles. The standard InChI is InChI=1S/C25H29N5O4/c1-15-10-18(5-7-20(15)29(2)3)26-13-23(32)27-12-16-4-6-19-17(11-16)14-30(25(19)34)21-8-9-22(31)28-24(21)33/h4-7,10-11,21,26H,8-9,12-14H2,1-3H3,(H,27,32)(H,28,31,33). The molecule has 2 aromatic carbocycles. The fraction of sp³-hybridized carbons (Fsp3) is 0.360. The summed E-state index contributed by atoms with van der Waals surface area (Å²) in [5.41, 5.74) is 5.36. The molecule has 2 aromatic rings. The lowest BCUT2D eigenvalue weighted by Gasteiger charge is -2.29. The number of fused-ring (bicyclic) bond motifs is 1. The second kappa shape index (κ2) is 9.54. The minimum Gasteiger partial charge on any atom is -0.377 e. The van der Waals surface area contributed by atoms with Crippen LogP contribution in [0.5, 0.6) is 0 Å². The third-order valence-electron chi connectivity index (χ3n) is 6.21. The number of hydrogen-bond donors (Lipinski definition) is 3. The molecule has 2 aliphatic rings. The Kier molecular flexibility index (Phi) is 6.54. The average Bonchev–Trinajstić information content (AvgIpc) is 3.11. The molecule has 0 radical (unpaired) electrons. The van der Waals surface area contributed by atoms with E-state index in [2.05, 4.69) is 16.0 Å². The molecule has 0 bridgehead atoms. The van der Waals surface area contributed by atoms with Crippen molar-refractivity contribution in [3.63, 3.8) is 0 Å². The van der Waals surface area contributed by atoms with E-state index in [0.29, 0.717) is 25.1 Å². The Morgan fingerprint density at radius 3 is 2.65 bits per heavy atom. The molecule has 34 heavy (non-hydrogen) atoms. The predicted octanol–water partition coefficient (Wildman–Crippen LogP) is 1.55. The number of nitrogens with one attached hydrogen (secondary N) is 3. The van der Waals surface area contributed by atoms with Gasteiger partial charge in [-0.15, -0.1) is 0 Å². The molecule has 4 rings (SSSR count). The molecule has 1 saturated heterocycles. The minimum absolute atomic E-state index is 0.143. The van der Waals surface area contributed by atoms with Crippen LogP contribution in [0, 0.1) is 6.92 Å². The summed E-state index contributed by atoms with van der Waals surface area (Å²) in [6.07, 6.45) is 0.554. The van der Waals surface area contributed by atoms with E-state index in [-0.39, 0.29) is 30.7 Å². The van der Waals surface area contributed by atoms with E-state index in [4.69, 9.17) is 0 Å². The maximum Gasteiger partial charge on any atom is 0.255 e. The SMILES string of the molecule is Cc1cc(NCC(=O)NCc2ccc3c(c2)CN(C2CCC(=O)NC2=O)C3=O)ccc1N(C)C. The van der Waals surface area contributed by atoms with Crippen LogP contribution in [0.1, 0.15) is 39.9 Å². The smallest absolute Gasteiger partial charge is 0.255 e. The molecule has 9 nitrogen and oxygen atoms in total. The van der Waals surface area contributed by atoms with E-state index in [1.807, 2.05) is 56.3 Å². The van der Waals surface area contributed by atoms with Crippen LogP contribution in [0.3, 0.4) is 0 Å². The highest BCUT2D eigenvalue weighted by Gasteiger charge is 2.39. The summed E-state index contributed by atoms with van der Waals surface area (Å²) in [7, 11) is 3.98. The van der Waals surface area contributed by atoms with Gasteiger partial charge in [0.1, 0.15) is 6.04 Å². The van der Waals surface area contributed by atoms with Crippen molar-refractivity contribution in [3.05, 3.63) is 58.7 Å². The van der Waals surface area contributed by atoms with Crippen molar-refractivity contribution in [1.29, 1.82) is 0 Å². The van der Waals surface area contributed by atoms with Gasteiger partial charge in [-0.2, -0.15) is 0 Å². The van der Waals surface area contributed by atoms with Crippen LogP contribution in [-0.4, -0.2) is 55.2 Å². The number of imide groups is 1. The van der Waals surface area contributed by atoms with Crippen LogP contribution in [0.25, 0.3) is 0 Å². The highest BCUT2D eigenvalue weighted by Crippen LogP contribution is 2.28. The van der Waals surface area contributed by atoms with E-state index >= 15 is 0 Å². The lowest BCUT2D eigenvalue weighted by Crippen LogP contribution is -2.52. The van der Waals surface area contributed by atoms with Gasteiger partial charge in [-0.1, -0.05) is 12.1 Å². The number of aryl methyl sites for hydroxylation is 1. The maximum atomic E-state index is 12.8. The Hall–Kier alpha value is -3.88. The summed E-state index contributed by atoms with van der Waals surface area (Å²) in [5.74, 6) is -1.08. The predicted molar refractivity (Wildman–Crippen MR) is 128 cm³/mol. The Balaban J connectivity index is 1.31. The summed E-state index contributed by atoms with van der Waals surface area (Å²) in [6, 6.07) is 10.8. The van der Waals surface area contributed by atoms with Crippen LogP contribution in [0.2, 0.25) is 0 Å². The number of rotatable bonds is 7. The zero-order valence-electron chi connectivity index (χ0n) is 19.6. The molecule has 9 heteroatoms. The number of carbonyl (C=O) groups is 4. The van der Waals surface area contributed by atoms with E-state index < -0.39 is 11.9 Å². The second-order valence-electron chi connectivity index (χ2n) is 8.92. The fourth-order valence-electron chi connectivity index (χ4n) is 4.45. The minimum atomic E-state index is -0.637. The maximum absolute atomic E-state index is 12.8. The highest BCUT2D eigenvalue weighted by molar-refractivity contribution is 6.05. The molecule has 1 fully saturated rings. The van der Waals surface area contributed by atoms with Crippen molar-refractivity contribution < 1.29 is 19.2 Å². The zero-order chi connectivity index (χ0) is 24.4. The Morgan fingerprint density at radius 1 is 1.15 bits per heavy atom. The first-order chi connectivity index (χ1) is 16.2. The van der Waals surface area contributed by atoms with Gasteiger partial charge in [0.2, 0.25) is 17.7 Å². The van der Waals surface area contributed by atoms with Crippen molar-refractivity contribution in [2.75, 3.05) is 30.9 Å². The molecule has 1 atom stereocenters. The van der Waals surface area contributed by atoms with Gasteiger partial charge in [0.05, 0.1) is 6.54 Å². The third kappa shape index (κ3) is 4.88. The van der Waals surface area contributed by atoms with Crippen LogP contribution in [0.15, 0.2) is 36.4 Å². The summed E-state index contributed by atoms with van der Waals surface area (Å²) in [6.45, 7) is 2.82. The number of hydrogen-bond acceptors (Lipinski definition) is 6. The quantitative estimate of drug-likeness (QED) is 0.538. The van der Waals surface area contributed by atoms with Gasteiger partial charge in [0.25, 0.3) is 5.91 Å². The lowest BCUT2D eigenvalue weighted by molar-refractivity contribution is -0.137. The summed E-state index contributed by atoms with van der Waals surface area (Å²) >= 11 is 0. The van der Waals surface area contributed by atoms with Crippen molar-refractivity contribution in [2.24, 2.45) is 0 Å². The molecule has 0 aromatic heterocycles. The van der Waals surface area contributed by atoms with Gasteiger partial charge < -0.3 is 20.4 Å². The molecule has 0 saturated carbocycles. The van der Waals surface area contributed by atoms with E-state index in [9.17, 15) is 19.2 Å². The number of benzene rings is 2. The first kappa shape index (κ1) is 23.3. The Bertz CT molecular complexity index is 1160. The second-order valence-corrected chi connectivity index (χ2v) is 8.92. The van der Waals surface area contributed by atoms with Gasteiger partial charge >= 0.3 is 0 Å². The van der Waals surface area contributed by atoms with Crippen LogP contribution >= 0.6 is 0 Å². The number of anilines is 2. The molecule has 1 unspecified atom stereocenters. The normalized spacial score (nSPS) is 17.3. The zero-order valence-corrected chi connectivity index (χ0v) is 19.6. The molecule has 3 N–H and O–H groups in total. The highest BCUT2D eigenvalue weighted by atomic mass is 16.2. The Morgan fingerprint density at radius 2 is 1.94 bits per heavy atom. The van der Waals surface area contributed by atoms with Crippen molar-refractivity contribution in [3.8, 4) is 0 Å². The molecular formula is C25H29N5O4. The van der Waals surface area contributed by atoms with Gasteiger partial charge in [0.15, 0.2) is 0 Å².